The number of anilines is 1. The summed E-state index contributed by atoms with van der Waals surface area (Å²) < 4.78 is 13.4. The van der Waals surface area contributed by atoms with Crippen LogP contribution < -0.4 is 19.7 Å². The number of pyridine rings is 1. The summed E-state index contributed by atoms with van der Waals surface area (Å²) >= 11 is 5.82. The lowest BCUT2D eigenvalue weighted by atomic mass is 10.0. The zero-order valence-electron chi connectivity index (χ0n) is 17.6. The SMILES string of the molecule is COc1ccc(N2C(=S)N[C@@H](c3ccccn3)[C@@H]2c2cccn2C(C)C)c(OC)c1. The average molecular weight is 423 g/mol. The van der Waals surface area contributed by atoms with Gasteiger partial charge in [-0.15, -0.1) is 0 Å². The van der Waals surface area contributed by atoms with Gasteiger partial charge in [-0.25, -0.2) is 0 Å². The van der Waals surface area contributed by atoms with Crippen molar-refractivity contribution >= 4 is 23.0 Å². The van der Waals surface area contributed by atoms with Gasteiger partial charge in [-0.1, -0.05) is 6.07 Å². The molecule has 1 N–H and O–H groups in total. The molecule has 2 aromatic heterocycles. The van der Waals surface area contributed by atoms with Crippen LogP contribution in [0.25, 0.3) is 0 Å². The molecule has 7 heteroatoms. The Hall–Kier alpha value is -3.06. The highest BCUT2D eigenvalue weighted by Crippen LogP contribution is 2.45. The number of thiocarbonyl (C=S) groups is 1. The third-order valence-electron chi connectivity index (χ3n) is 5.42. The van der Waals surface area contributed by atoms with Crippen LogP contribution in [0.2, 0.25) is 0 Å². The maximum atomic E-state index is 5.82. The number of methoxy groups -OCH3 is 2. The van der Waals surface area contributed by atoms with Crippen LogP contribution in [0.4, 0.5) is 5.69 Å². The summed E-state index contributed by atoms with van der Waals surface area (Å²) in [5.74, 6) is 1.44. The monoisotopic (exact) mass is 422 g/mol. The maximum absolute atomic E-state index is 5.82. The van der Waals surface area contributed by atoms with Crippen molar-refractivity contribution in [2.75, 3.05) is 19.1 Å². The van der Waals surface area contributed by atoms with E-state index in [0.717, 1.165) is 22.8 Å². The van der Waals surface area contributed by atoms with Crippen molar-refractivity contribution in [3.8, 4) is 11.5 Å². The molecule has 30 heavy (non-hydrogen) atoms. The fraction of sp³-hybridized carbons (Fsp3) is 0.304. The minimum Gasteiger partial charge on any atom is -0.497 e. The van der Waals surface area contributed by atoms with Crippen molar-refractivity contribution in [1.82, 2.24) is 14.9 Å². The largest absolute Gasteiger partial charge is 0.497 e. The van der Waals surface area contributed by atoms with Crippen LogP contribution in [0.5, 0.6) is 11.5 Å². The third kappa shape index (κ3) is 3.50. The van der Waals surface area contributed by atoms with Crippen molar-refractivity contribution in [3.63, 3.8) is 0 Å². The minimum atomic E-state index is -0.0992. The smallest absolute Gasteiger partial charge is 0.174 e. The number of nitrogens with one attached hydrogen (secondary N) is 1. The Balaban J connectivity index is 1.88. The highest BCUT2D eigenvalue weighted by molar-refractivity contribution is 7.80. The summed E-state index contributed by atoms with van der Waals surface area (Å²) in [6, 6.07) is 16.1. The lowest BCUT2D eigenvalue weighted by Crippen LogP contribution is -2.31. The van der Waals surface area contributed by atoms with E-state index in [9.17, 15) is 0 Å². The van der Waals surface area contributed by atoms with E-state index in [4.69, 9.17) is 21.7 Å². The molecule has 156 valence electrons. The second-order valence-electron chi connectivity index (χ2n) is 7.47. The van der Waals surface area contributed by atoms with E-state index in [2.05, 4.69) is 51.9 Å². The fourth-order valence-electron chi connectivity index (χ4n) is 4.03. The molecule has 0 saturated carbocycles. The molecule has 0 radical (unpaired) electrons. The Morgan fingerprint density at radius 2 is 1.90 bits per heavy atom. The van der Waals surface area contributed by atoms with Crippen molar-refractivity contribution in [2.24, 2.45) is 0 Å². The van der Waals surface area contributed by atoms with E-state index in [1.165, 1.54) is 0 Å². The first kappa shape index (κ1) is 20.2. The van der Waals surface area contributed by atoms with Gasteiger partial charge in [-0.05, 0) is 62.5 Å². The van der Waals surface area contributed by atoms with E-state index < -0.39 is 0 Å². The van der Waals surface area contributed by atoms with Gasteiger partial charge >= 0.3 is 0 Å². The Labute approximate surface area is 182 Å². The number of nitrogens with zero attached hydrogens (tertiary/aromatic N) is 3. The molecule has 1 aliphatic rings. The van der Waals surface area contributed by atoms with Crippen LogP contribution in [0.3, 0.4) is 0 Å². The molecule has 1 aromatic carbocycles. The van der Waals surface area contributed by atoms with Gasteiger partial charge in [-0.3, -0.25) is 4.98 Å². The molecule has 1 saturated heterocycles. The predicted octanol–water partition coefficient (Wildman–Crippen LogP) is 4.66. The molecule has 4 rings (SSSR count). The van der Waals surface area contributed by atoms with E-state index in [-0.39, 0.29) is 12.1 Å². The van der Waals surface area contributed by atoms with Crippen LogP contribution in [-0.2, 0) is 0 Å². The summed E-state index contributed by atoms with van der Waals surface area (Å²) in [5.41, 5.74) is 2.98. The fourth-order valence-corrected chi connectivity index (χ4v) is 4.37. The first-order valence-electron chi connectivity index (χ1n) is 9.94. The van der Waals surface area contributed by atoms with Gasteiger partial charge in [0, 0.05) is 30.2 Å². The van der Waals surface area contributed by atoms with E-state index in [0.29, 0.717) is 16.9 Å². The quantitative estimate of drug-likeness (QED) is 0.583. The van der Waals surface area contributed by atoms with Gasteiger partial charge in [0.25, 0.3) is 0 Å². The molecule has 0 aliphatic carbocycles. The van der Waals surface area contributed by atoms with Crippen molar-refractivity contribution in [2.45, 2.75) is 32.0 Å². The molecular formula is C23H26N4O2S. The van der Waals surface area contributed by atoms with Crippen molar-refractivity contribution in [1.29, 1.82) is 0 Å². The molecule has 0 bridgehead atoms. The standard InChI is InChI=1S/C23H26N4O2S/c1-15(2)26-13-7-9-19(26)22-21(17-8-5-6-12-24-17)25-23(30)27(22)18-11-10-16(28-3)14-20(18)29-4/h5-15,21-22H,1-4H3,(H,25,30)/t21-,22-/m0/s1. The van der Waals surface area contributed by atoms with Gasteiger partial charge < -0.3 is 24.3 Å². The van der Waals surface area contributed by atoms with Crippen LogP contribution >= 0.6 is 12.2 Å². The summed E-state index contributed by atoms with van der Waals surface area (Å²) in [6.07, 6.45) is 3.93. The van der Waals surface area contributed by atoms with Gasteiger partial charge in [0.15, 0.2) is 5.11 Å². The van der Waals surface area contributed by atoms with E-state index >= 15 is 0 Å². The predicted molar refractivity (Wildman–Crippen MR) is 122 cm³/mol. The Bertz CT molecular complexity index is 1030. The van der Waals surface area contributed by atoms with Crippen LogP contribution in [0.15, 0.2) is 60.9 Å². The highest BCUT2D eigenvalue weighted by atomic mass is 32.1. The van der Waals surface area contributed by atoms with Gasteiger partial charge in [0.2, 0.25) is 0 Å². The zero-order valence-corrected chi connectivity index (χ0v) is 18.4. The maximum Gasteiger partial charge on any atom is 0.174 e. The molecule has 0 unspecified atom stereocenters. The lowest BCUT2D eigenvalue weighted by Gasteiger charge is -2.30. The van der Waals surface area contributed by atoms with E-state index in [1.54, 1.807) is 14.2 Å². The minimum absolute atomic E-state index is 0.0907. The van der Waals surface area contributed by atoms with Crippen molar-refractivity contribution < 1.29 is 9.47 Å². The topological polar surface area (TPSA) is 51.5 Å². The highest BCUT2D eigenvalue weighted by Gasteiger charge is 2.43. The molecule has 1 fully saturated rings. The molecule has 1 aliphatic heterocycles. The van der Waals surface area contributed by atoms with E-state index in [1.807, 2.05) is 42.6 Å². The zero-order chi connectivity index (χ0) is 21.3. The lowest BCUT2D eigenvalue weighted by molar-refractivity contribution is 0.394. The Kier molecular flexibility index (Phi) is 5.63. The summed E-state index contributed by atoms with van der Waals surface area (Å²) in [7, 11) is 3.30. The average Bonchev–Trinajstić information content (AvgIpc) is 3.38. The molecule has 3 aromatic rings. The summed E-state index contributed by atoms with van der Waals surface area (Å²) in [6.45, 7) is 4.36. The molecule has 0 amide bonds. The number of ether oxygens (including phenoxy) is 2. The first-order valence-corrected chi connectivity index (χ1v) is 10.4. The normalized spacial score (nSPS) is 18.6. The Morgan fingerprint density at radius 3 is 2.57 bits per heavy atom. The van der Waals surface area contributed by atoms with Gasteiger partial charge in [0.1, 0.15) is 17.5 Å². The molecule has 2 atom stereocenters. The molecule has 3 heterocycles. The Morgan fingerprint density at radius 1 is 1.07 bits per heavy atom. The third-order valence-corrected chi connectivity index (χ3v) is 5.73. The molecular weight excluding hydrogens is 396 g/mol. The summed E-state index contributed by atoms with van der Waals surface area (Å²) in [5, 5.41) is 4.13. The van der Waals surface area contributed by atoms with Crippen molar-refractivity contribution in [3.05, 3.63) is 72.3 Å². The molecule has 6 nitrogen and oxygen atoms in total. The van der Waals surface area contributed by atoms with Crippen LogP contribution in [0.1, 0.15) is 43.4 Å². The van der Waals surface area contributed by atoms with Crippen LogP contribution in [0, 0.1) is 0 Å². The number of rotatable bonds is 6. The molecule has 0 spiro atoms. The van der Waals surface area contributed by atoms with Crippen LogP contribution in [-0.4, -0.2) is 28.9 Å². The summed E-state index contributed by atoms with van der Waals surface area (Å²) in [4.78, 5) is 6.74. The second-order valence-corrected chi connectivity index (χ2v) is 7.86. The second kappa shape index (κ2) is 8.36. The number of benzene rings is 1. The first-order chi connectivity index (χ1) is 14.5. The van der Waals surface area contributed by atoms with Gasteiger partial charge in [0.05, 0.1) is 31.6 Å². The van der Waals surface area contributed by atoms with Gasteiger partial charge in [-0.2, -0.15) is 0 Å². The number of aromatic nitrogens is 2. The number of hydrogen-bond acceptors (Lipinski definition) is 4. The number of hydrogen-bond donors (Lipinski definition) is 1.